The van der Waals surface area contributed by atoms with Gasteiger partial charge in [0.15, 0.2) is 0 Å². The molecule has 0 fully saturated rings. The van der Waals surface area contributed by atoms with Crippen molar-refractivity contribution in [1.82, 2.24) is 0 Å². The SMILES string of the molecule is C[Si](C)(C)OC(=O)c1ccccc1O. The molecule has 1 aromatic rings. The maximum Gasteiger partial charge on any atom is 0.328 e. The molecule has 0 radical (unpaired) electrons. The molecule has 76 valence electrons. The van der Waals surface area contributed by atoms with Crippen LogP contribution in [-0.2, 0) is 4.43 Å². The molecule has 0 bridgehead atoms. The van der Waals surface area contributed by atoms with E-state index in [2.05, 4.69) is 0 Å². The van der Waals surface area contributed by atoms with Crippen molar-refractivity contribution in [3.05, 3.63) is 29.8 Å². The zero-order chi connectivity index (χ0) is 10.8. The smallest absolute Gasteiger partial charge is 0.328 e. The highest BCUT2D eigenvalue weighted by atomic mass is 28.4. The summed E-state index contributed by atoms with van der Waals surface area (Å²) in [6.07, 6.45) is 0. The number of aromatic hydroxyl groups is 1. The second-order valence-electron chi connectivity index (χ2n) is 4.02. The third-order valence-corrected chi connectivity index (χ3v) is 2.32. The van der Waals surface area contributed by atoms with Crippen LogP contribution in [0.1, 0.15) is 10.4 Å². The number of para-hydroxylation sites is 1. The zero-order valence-electron chi connectivity index (χ0n) is 8.57. The maximum atomic E-state index is 11.5. The zero-order valence-corrected chi connectivity index (χ0v) is 9.57. The summed E-state index contributed by atoms with van der Waals surface area (Å²) in [5, 5.41) is 9.39. The van der Waals surface area contributed by atoms with Crippen molar-refractivity contribution in [1.29, 1.82) is 0 Å². The summed E-state index contributed by atoms with van der Waals surface area (Å²) in [6.45, 7) is 5.76. The molecule has 0 aromatic heterocycles. The Morgan fingerprint density at radius 3 is 2.36 bits per heavy atom. The van der Waals surface area contributed by atoms with Crippen LogP contribution in [0.25, 0.3) is 0 Å². The number of benzene rings is 1. The van der Waals surface area contributed by atoms with Crippen molar-refractivity contribution in [3.63, 3.8) is 0 Å². The summed E-state index contributed by atoms with van der Waals surface area (Å²) in [6, 6.07) is 6.39. The molecule has 3 nitrogen and oxygen atoms in total. The van der Waals surface area contributed by atoms with E-state index in [4.69, 9.17) is 4.43 Å². The van der Waals surface area contributed by atoms with E-state index in [9.17, 15) is 9.90 Å². The van der Waals surface area contributed by atoms with Gasteiger partial charge in [-0.3, -0.25) is 0 Å². The van der Waals surface area contributed by atoms with Gasteiger partial charge < -0.3 is 9.53 Å². The first-order valence-electron chi connectivity index (χ1n) is 4.41. The van der Waals surface area contributed by atoms with Gasteiger partial charge in [-0.05, 0) is 31.8 Å². The lowest BCUT2D eigenvalue weighted by molar-refractivity contribution is 0.0721. The van der Waals surface area contributed by atoms with Crippen LogP contribution in [-0.4, -0.2) is 19.4 Å². The molecule has 0 saturated carbocycles. The van der Waals surface area contributed by atoms with Crippen LogP contribution in [0.4, 0.5) is 0 Å². The minimum Gasteiger partial charge on any atom is -0.516 e. The van der Waals surface area contributed by atoms with E-state index in [1.165, 1.54) is 6.07 Å². The molecule has 14 heavy (non-hydrogen) atoms. The van der Waals surface area contributed by atoms with E-state index in [1.807, 2.05) is 19.6 Å². The molecule has 0 atom stereocenters. The van der Waals surface area contributed by atoms with Gasteiger partial charge in [0.1, 0.15) is 5.75 Å². The standard InChI is InChI=1S/C10H14O3Si/c1-14(2,3)13-10(12)8-6-4-5-7-9(8)11/h4-7,11H,1-3H3. The second kappa shape index (κ2) is 3.83. The van der Waals surface area contributed by atoms with Crippen molar-refractivity contribution < 1.29 is 14.3 Å². The van der Waals surface area contributed by atoms with Gasteiger partial charge in [-0.1, -0.05) is 12.1 Å². The number of phenols is 1. The topological polar surface area (TPSA) is 46.5 Å². The Labute approximate surface area is 84.5 Å². The molecule has 0 saturated heterocycles. The summed E-state index contributed by atoms with van der Waals surface area (Å²) in [4.78, 5) is 11.5. The Hall–Kier alpha value is -1.29. The van der Waals surface area contributed by atoms with Crippen molar-refractivity contribution >= 4 is 14.3 Å². The molecule has 1 rings (SSSR count). The van der Waals surface area contributed by atoms with E-state index in [-0.39, 0.29) is 11.3 Å². The number of hydrogen-bond donors (Lipinski definition) is 1. The number of phenolic OH excluding ortho intramolecular Hbond substituents is 1. The quantitative estimate of drug-likeness (QED) is 0.762. The van der Waals surface area contributed by atoms with Crippen molar-refractivity contribution in [3.8, 4) is 5.75 Å². The highest BCUT2D eigenvalue weighted by Crippen LogP contribution is 2.18. The van der Waals surface area contributed by atoms with Crippen LogP contribution in [0.5, 0.6) is 5.75 Å². The van der Waals surface area contributed by atoms with Crippen molar-refractivity contribution in [2.75, 3.05) is 0 Å². The molecule has 1 N–H and O–H groups in total. The fourth-order valence-corrected chi connectivity index (χ4v) is 1.65. The highest BCUT2D eigenvalue weighted by Gasteiger charge is 2.22. The summed E-state index contributed by atoms with van der Waals surface area (Å²) in [7, 11) is -1.89. The average Bonchev–Trinajstić information content (AvgIpc) is 2.01. The van der Waals surface area contributed by atoms with Gasteiger partial charge in [0, 0.05) is 0 Å². The van der Waals surface area contributed by atoms with Gasteiger partial charge in [-0.2, -0.15) is 0 Å². The molecular formula is C10H14O3Si. The lowest BCUT2D eigenvalue weighted by atomic mass is 10.2. The Kier molecular flexibility index (Phi) is 2.95. The van der Waals surface area contributed by atoms with Crippen LogP contribution in [0, 0.1) is 0 Å². The first-order chi connectivity index (χ1) is 6.40. The third-order valence-electron chi connectivity index (χ3n) is 1.52. The van der Waals surface area contributed by atoms with Crippen LogP contribution in [0.15, 0.2) is 24.3 Å². The number of rotatable bonds is 2. The Balaban J connectivity index is 2.86. The van der Waals surface area contributed by atoms with E-state index in [0.717, 1.165) is 0 Å². The van der Waals surface area contributed by atoms with Crippen LogP contribution < -0.4 is 0 Å². The molecule has 0 heterocycles. The summed E-state index contributed by atoms with van der Waals surface area (Å²) >= 11 is 0. The predicted octanol–water partition coefficient (Wildman–Crippen LogP) is 2.38. The summed E-state index contributed by atoms with van der Waals surface area (Å²) in [5.41, 5.74) is 0.231. The average molecular weight is 210 g/mol. The van der Waals surface area contributed by atoms with Crippen molar-refractivity contribution in [2.24, 2.45) is 0 Å². The molecule has 0 amide bonds. The lowest BCUT2D eigenvalue weighted by Crippen LogP contribution is -2.29. The Morgan fingerprint density at radius 1 is 1.29 bits per heavy atom. The number of hydrogen-bond acceptors (Lipinski definition) is 3. The minimum absolute atomic E-state index is 0.0317. The van der Waals surface area contributed by atoms with Gasteiger partial charge in [0.25, 0.3) is 0 Å². The summed E-state index contributed by atoms with van der Waals surface area (Å²) < 4.78 is 5.24. The van der Waals surface area contributed by atoms with E-state index < -0.39 is 14.3 Å². The van der Waals surface area contributed by atoms with Gasteiger partial charge in [-0.15, -0.1) is 0 Å². The first-order valence-corrected chi connectivity index (χ1v) is 7.82. The van der Waals surface area contributed by atoms with Crippen LogP contribution in [0.2, 0.25) is 19.6 Å². The molecule has 0 aliphatic heterocycles. The Bertz CT molecular complexity index is 341. The van der Waals surface area contributed by atoms with Gasteiger partial charge in [0.05, 0.1) is 5.56 Å². The highest BCUT2D eigenvalue weighted by molar-refractivity contribution is 6.71. The van der Waals surface area contributed by atoms with Crippen molar-refractivity contribution in [2.45, 2.75) is 19.6 Å². The van der Waals surface area contributed by atoms with E-state index >= 15 is 0 Å². The minimum atomic E-state index is -1.89. The lowest BCUT2D eigenvalue weighted by Gasteiger charge is -2.17. The fourth-order valence-electron chi connectivity index (χ4n) is 0.979. The normalized spacial score (nSPS) is 11.1. The molecular weight excluding hydrogens is 196 g/mol. The molecule has 0 aliphatic rings. The molecule has 0 unspecified atom stereocenters. The monoisotopic (exact) mass is 210 g/mol. The fraction of sp³-hybridized carbons (Fsp3) is 0.300. The van der Waals surface area contributed by atoms with Gasteiger partial charge in [-0.25, -0.2) is 4.79 Å². The van der Waals surface area contributed by atoms with Gasteiger partial charge >= 0.3 is 5.97 Å². The summed E-state index contributed by atoms with van der Waals surface area (Å²) in [5.74, 6) is -0.474. The molecule has 0 aliphatic carbocycles. The Morgan fingerprint density at radius 2 is 1.86 bits per heavy atom. The van der Waals surface area contributed by atoms with Crippen LogP contribution in [0.3, 0.4) is 0 Å². The maximum absolute atomic E-state index is 11.5. The molecule has 0 spiro atoms. The van der Waals surface area contributed by atoms with E-state index in [0.29, 0.717) is 0 Å². The largest absolute Gasteiger partial charge is 0.516 e. The molecule has 1 aromatic carbocycles. The first kappa shape index (κ1) is 10.8. The second-order valence-corrected chi connectivity index (χ2v) is 8.45. The van der Waals surface area contributed by atoms with E-state index in [1.54, 1.807) is 18.2 Å². The van der Waals surface area contributed by atoms with Gasteiger partial charge in [0.2, 0.25) is 8.32 Å². The number of carbonyl (C=O) groups excluding carboxylic acids is 1. The van der Waals surface area contributed by atoms with Crippen LogP contribution >= 0.6 is 0 Å². The predicted molar refractivity (Wildman–Crippen MR) is 56.9 cm³/mol. The third kappa shape index (κ3) is 2.88. The number of carbonyl (C=O) groups is 1. The molecule has 4 heteroatoms.